The van der Waals surface area contributed by atoms with Crippen LogP contribution in [0.4, 0.5) is 0 Å². The lowest BCUT2D eigenvalue weighted by molar-refractivity contribution is 0.406. The molecule has 0 radical (unpaired) electrons. The van der Waals surface area contributed by atoms with Crippen LogP contribution in [0.25, 0.3) is 0 Å². The molecule has 0 aliphatic rings. The van der Waals surface area contributed by atoms with Crippen LogP contribution in [-0.2, 0) is 16.4 Å². The van der Waals surface area contributed by atoms with Crippen LogP contribution >= 0.6 is 23.2 Å². The van der Waals surface area contributed by atoms with Crippen LogP contribution in [0.15, 0.2) is 47.4 Å². The van der Waals surface area contributed by atoms with E-state index in [9.17, 15) is 8.42 Å². The Kier molecular flexibility index (Phi) is 5.92. The lowest BCUT2D eigenvalue weighted by Gasteiger charge is -2.18. The fraction of sp³-hybridized carbons (Fsp3) is 0.250. The molecule has 2 aromatic rings. The number of methoxy groups -OCH3 is 1. The molecule has 0 fully saturated rings. The van der Waals surface area contributed by atoms with Crippen molar-refractivity contribution in [2.75, 3.05) is 20.7 Å². The van der Waals surface area contributed by atoms with E-state index in [1.165, 1.54) is 29.6 Å². The van der Waals surface area contributed by atoms with Gasteiger partial charge in [0.25, 0.3) is 0 Å². The Labute approximate surface area is 146 Å². The van der Waals surface area contributed by atoms with Gasteiger partial charge >= 0.3 is 0 Å². The van der Waals surface area contributed by atoms with Gasteiger partial charge in [0.15, 0.2) is 0 Å². The van der Waals surface area contributed by atoms with Crippen LogP contribution in [0.1, 0.15) is 5.56 Å². The van der Waals surface area contributed by atoms with Crippen molar-refractivity contribution in [3.8, 4) is 5.75 Å². The minimum absolute atomic E-state index is 0.0810. The van der Waals surface area contributed by atoms with E-state index in [1.807, 2.05) is 24.3 Å². The van der Waals surface area contributed by atoms with Crippen molar-refractivity contribution < 1.29 is 13.2 Å². The minimum Gasteiger partial charge on any atom is -0.496 e. The van der Waals surface area contributed by atoms with Gasteiger partial charge in [-0.25, -0.2) is 12.7 Å². The normalized spacial score (nSPS) is 11.7. The average Bonchev–Trinajstić information content (AvgIpc) is 2.51. The zero-order chi connectivity index (χ0) is 17.0. The first-order chi connectivity index (χ1) is 10.8. The maximum atomic E-state index is 12.6. The molecule has 0 saturated carbocycles. The molecule has 0 heterocycles. The minimum atomic E-state index is -3.65. The number of sulfonamides is 1. The van der Waals surface area contributed by atoms with Crippen LogP contribution in [-0.4, -0.2) is 33.4 Å². The number of para-hydroxylation sites is 1. The molecule has 23 heavy (non-hydrogen) atoms. The third kappa shape index (κ3) is 4.38. The Morgan fingerprint density at radius 1 is 1.09 bits per heavy atom. The van der Waals surface area contributed by atoms with Gasteiger partial charge in [-0.15, -0.1) is 0 Å². The number of nitrogens with zero attached hydrogens (tertiary/aromatic N) is 1. The van der Waals surface area contributed by atoms with Crippen LogP contribution in [0.2, 0.25) is 10.0 Å². The van der Waals surface area contributed by atoms with Gasteiger partial charge in [-0.2, -0.15) is 0 Å². The highest BCUT2D eigenvalue weighted by molar-refractivity contribution is 7.89. The summed E-state index contributed by atoms with van der Waals surface area (Å²) in [6.45, 7) is 0.312. The molecule has 0 aliphatic carbocycles. The lowest BCUT2D eigenvalue weighted by atomic mass is 10.1. The van der Waals surface area contributed by atoms with Crippen molar-refractivity contribution in [2.45, 2.75) is 11.3 Å². The second-order valence-electron chi connectivity index (χ2n) is 4.99. The summed E-state index contributed by atoms with van der Waals surface area (Å²) in [4.78, 5) is 0.0810. The van der Waals surface area contributed by atoms with Gasteiger partial charge < -0.3 is 4.74 Å². The number of hydrogen-bond acceptors (Lipinski definition) is 3. The Hall–Kier alpha value is -1.27. The summed E-state index contributed by atoms with van der Waals surface area (Å²) in [7, 11) is -0.532. The van der Waals surface area contributed by atoms with E-state index >= 15 is 0 Å². The zero-order valence-electron chi connectivity index (χ0n) is 12.8. The SMILES string of the molecule is COc1ccccc1CCN(C)S(=O)(=O)c1cc(Cl)cc(Cl)c1. The zero-order valence-corrected chi connectivity index (χ0v) is 15.1. The summed E-state index contributed by atoms with van der Waals surface area (Å²) < 4.78 is 31.7. The third-order valence-electron chi connectivity index (χ3n) is 3.43. The molecular weight excluding hydrogens is 357 g/mol. The highest BCUT2D eigenvalue weighted by Gasteiger charge is 2.21. The molecule has 4 nitrogen and oxygen atoms in total. The molecule has 0 saturated heterocycles. The first-order valence-electron chi connectivity index (χ1n) is 6.89. The van der Waals surface area contributed by atoms with Crippen molar-refractivity contribution in [3.63, 3.8) is 0 Å². The first-order valence-corrected chi connectivity index (χ1v) is 9.08. The van der Waals surface area contributed by atoms with Crippen LogP contribution in [0.3, 0.4) is 0 Å². The summed E-state index contributed by atoms with van der Waals surface area (Å²) in [5.41, 5.74) is 0.946. The predicted octanol–water partition coefficient (Wildman–Crippen LogP) is 3.87. The first kappa shape index (κ1) is 18.1. The Bertz CT molecular complexity index is 773. The maximum Gasteiger partial charge on any atom is 0.242 e. The van der Waals surface area contributed by atoms with Gasteiger partial charge in [0.2, 0.25) is 10.0 Å². The molecule has 0 bridgehead atoms. The number of rotatable bonds is 6. The summed E-state index contributed by atoms with van der Waals surface area (Å²) in [6.07, 6.45) is 0.536. The highest BCUT2D eigenvalue weighted by atomic mass is 35.5. The van der Waals surface area contributed by atoms with Gasteiger partial charge in [-0.05, 0) is 36.2 Å². The lowest BCUT2D eigenvalue weighted by Crippen LogP contribution is -2.29. The number of hydrogen-bond donors (Lipinski definition) is 0. The topological polar surface area (TPSA) is 46.6 Å². The number of likely N-dealkylation sites (N-methyl/N-ethyl adjacent to an activating group) is 1. The number of benzene rings is 2. The molecule has 0 amide bonds. The Morgan fingerprint density at radius 3 is 2.30 bits per heavy atom. The van der Waals surface area contributed by atoms with Gasteiger partial charge in [-0.3, -0.25) is 0 Å². The average molecular weight is 374 g/mol. The molecule has 2 aromatic carbocycles. The molecule has 0 aliphatic heterocycles. The number of ether oxygens (including phenoxy) is 1. The third-order valence-corrected chi connectivity index (χ3v) is 5.70. The van der Waals surface area contributed by atoms with E-state index in [2.05, 4.69) is 0 Å². The largest absolute Gasteiger partial charge is 0.496 e. The van der Waals surface area contributed by atoms with Crippen molar-refractivity contribution in [3.05, 3.63) is 58.1 Å². The van der Waals surface area contributed by atoms with Crippen LogP contribution in [0, 0.1) is 0 Å². The van der Waals surface area contributed by atoms with Crippen molar-refractivity contribution >= 4 is 33.2 Å². The Morgan fingerprint density at radius 2 is 1.70 bits per heavy atom. The highest BCUT2D eigenvalue weighted by Crippen LogP contribution is 2.25. The smallest absolute Gasteiger partial charge is 0.242 e. The monoisotopic (exact) mass is 373 g/mol. The molecule has 0 N–H and O–H groups in total. The van der Waals surface area contributed by atoms with Crippen LogP contribution < -0.4 is 4.74 Å². The van der Waals surface area contributed by atoms with Gasteiger partial charge in [0.05, 0.1) is 12.0 Å². The van der Waals surface area contributed by atoms with Gasteiger partial charge in [0.1, 0.15) is 5.75 Å². The van der Waals surface area contributed by atoms with Crippen molar-refractivity contribution in [2.24, 2.45) is 0 Å². The molecule has 2 rings (SSSR count). The van der Waals surface area contributed by atoms with E-state index < -0.39 is 10.0 Å². The van der Waals surface area contributed by atoms with Gasteiger partial charge in [0, 0.05) is 23.6 Å². The summed E-state index contributed by atoms with van der Waals surface area (Å²) in [6, 6.07) is 11.8. The second-order valence-corrected chi connectivity index (χ2v) is 7.91. The fourth-order valence-electron chi connectivity index (χ4n) is 2.16. The molecule has 0 aromatic heterocycles. The van der Waals surface area contributed by atoms with E-state index in [4.69, 9.17) is 27.9 Å². The van der Waals surface area contributed by atoms with E-state index in [0.717, 1.165) is 11.3 Å². The van der Waals surface area contributed by atoms with Crippen LogP contribution in [0.5, 0.6) is 5.75 Å². The standard InChI is InChI=1S/C16H17Cl2NO3S/c1-19(8-7-12-5-3-4-6-16(12)22-2)23(20,21)15-10-13(17)9-14(18)11-15/h3-6,9-11H,7-8H2,1-2H3. The van der Waals surface area contributed by atoms with Crippen molar-refractivity contribution in [1.82, 2.24) is 4.31 Å². The Balaban J connectivity index is 2.17. The summed E-state index contributed by atoms with van der Waals surface area (Å²) in [5.74, 6) is 0.740. The summed E-state index contributed by atoms with van der Waals surface area (Å²) >= 11 is 11.8. The van der Waals surface area contributed by atoms with E-state index in [-0.39, 0.29) is 14.9 Å². The molecule has 124 valence electrons. The molecule has 0 spiro atoms. The number of halogens is 2. The quantitative estimate of drug-likeness (QED) is 0.771. The molecular formula is C16H17Cl2NO3S. The fourth-order valence-corrected chi connectivity index (χ4v) is 4.06. The molecule has 0 unspecified atom stereocenters. The van der Waals surface area contributed by atoms with Gasteiger partial charge in [-0.1, -0.05) is 41.4 Å². The molecule has 7 heteroatoms. The summed E-state index contributed by atoms with van der Waals surface area (Å²) in [5, 5.41) is 0.573. The maximum absolute atomic E-state index is 12.6. The van der Waals surface area contributed by atoms with Crippen molar-refractivity contribution in [1.29, 1.82) is 0 Å². The van der Waals surface area contributed by atoms with E-state index in [1.54, 1.807) is 7.11 Å². The predicted molar refractivity (Wildman–Crippen MR) is 93.0 cm³/mol. The second kappa shape index (κ2) is 7.53. The molecule has 0 atom stereocenters. The van der Waals surface area contributed by atoms with E-state index in [0.29, 0.717) is 13.0 Å².